The first kappa shape index (κ1) is 17.2. The number of rotatable bonds is 4. The van der Waals surface area contributed by atoms with Gasteiger partial charge in [0, 0.05) is 16.5 Å². The van der Waals surface area contributed by atoms with Crippen LogP contribution in [-0.4, -0.2) is 18.1 Å². The molecule has 0 aliphatic heterocycles. The molecule has 0 aliphatic carbocycles. The molecule has 5 heteroatoms. The molecule has 0 aliphatic rings. The first-order valence-corrected chi connectivity index (χ1v) is 8.23. The number of carbonyl (C=O) groups excluding carboxylic acids is 1. The molecule has 0 saturated heterocycles. The van der Waals surface area contributed by atoms with Crippen LogP contribution in [0.25, 0.3) is 10.9 Å². The Morgan fingerprint density at radius 3 is 2.64 bits per heavy atom. The summed E-state index contributed by atoms with van der Waals surface area (Å²) in [4.78, 5) is 16.2. The number of methoxy groups -OCH3 is 1. The summed E-state index contributed by atoms with van der Waals surface area (Å²) >= 11 is 6.11. The van der Waals surface area contributed by atoms with E-state index in [1.54, 1.807) is 24.3 Å². The van der Waals surface area contributed by atoms with Crippen molar-refractivity contribution in [2.24, 2.45) is 0 Å². The van der Waals surface area contributed by atoms with Crippen molar-refractivity contribution in [3.05, 3.63) is 69.9 Å². The second kappa shape index (κ2) is 7.11. The van der Waals surface area contributed by atoms with Crippen molar-refractivity contribution >= 4 is 28.5 Å². The quantitative estimate of drug-likeness (QED) is 0.626. The highest BCUT2D eigenvalue weighted by molar-refractivity contribution is 6.31. The number of carbonyl (C=O) groups is 1. The van der Waals surface area contributed by atoms with Crippen molar-refractivity contribution in [1.29, 1.82) is 0 Å². The largest absolute Gasteiger partial charge is 0.488 e. The van der Waals surface area contributed by atoms with Crippen molar-refractivity contribution in [2.75, 3.05) is 7.11 Å². The molecule has 128 valence electrons. The smallest absolute Gasteiger partial charge is 0.356 e. The van der Waals surface area contributed by atoms with Gasteiger partial charge < -0.3 is 9.47 Å². The van der Waals surface area contributed by atoms with Crippen molar-refractivity contribution in [2.45, 2.75) is 20.5 Å². The van der Waals surface area contributed by atoms with Crippen LogP contribution in [0.15, 0.2) is 42.5 Å². The van der Waals surface area contributed by atoms with Crippen molar-refractivity contribution in [3.8, 4) is 5.75 Å². The zero-order chi connectivity index (χ0) is 18.0. The van der Waals surface area contributed by atoms with E-state index in [9.17, 15) is 4.79 Å². The van der Waals surface area contributed by atoms with E-state index >= 15 is 0 Å². The predicted molar refractivity (Wildman–Crippen MR) is 98.3 cm³/mol. The Kier molecular flexibility index (Phi) is 4.91. The van der Waals surface area contributed by atoms with Gasteiger partial charge in [0.25, 0.3) is 0 Å². The molecule has 0 saturated carbocycles. The Morgan fingerprint density at radius 2 is 1.92 bits per heavy atom. The number of nitrogens with zero attached hydrogens (tertiary/aromatic N) is 1. The monoisotopic (exact) mass is 355 g/mol. The molecule has 3 rings (SSSR count). The van der Waals surface area contributed by atoms with Gasteiger partial charge in [0.2, 0.25) is 0 Å². The molecule has 0 bridgehead atoms. The highest BCUT2D eigenvalue weighted by atomic mass is 35.5. The summed E-state index contributed by atoms with van der Waals surface area (Å²) < 4.78 is 10.8. The highest BCUT2D eigenvalue weighted by Gasteiger charge is 2.14. The van der Waals surface area contributed by atoms with Gasteiger partial charge >= 0.3 is 5.97 Å². The Bertz CT molecular complexity index is 953. The van der Waals surface area contributed by atoms with Crippen LogP contribution in [0.1, 0.15) is 27.2 Å². The predicted octanol–water partition coefficient (Wildman–Crippen LogP) is 4.87. The topological polar surface area (TPSA) is 48.4 Å². The molecule has 0 spiro atoms. The summed E-state index contributed by atoms with van der Waals surface area (Å²) in [6.07, 6.45) is 0. The lowest BCUT2D eigenvalue weighted by Gasteiger charge is -2.13. The van der Waals surface area contributed by atoms with E-state index in [4.69, 9.17) is 21.1 Å². The van der Waals surface area contributed by atoms with Crippen LogP contribution in [0.2, 0.25) is 5.02 Å². The summed E-state index contributed by atoms with van der Waals surface area (Å²) in [5, 5.41) is 1.33. The Labute approximate surface area is 151 Å². The lowest BCUT2D eigenvalue weighted by Crippen LogP contribution is -2.06. The lowest BCUT2D eigenvalue weighted by atomic mass is 10.1. The number of hydrogen-bond acceptors (Lipinski definition) is 4. The van der Waals surface area contributed by atoms with Gasteiger partial charge in [0.1, 0.15) is 12.4 Å². The molecule has 0 amide bonds. The summed E-state index contributed by atoms with van der Waals surface area (Å²) in [5.74, 6) is 0.0427. The zero-order valence-electron chi connectivity index (χ0n) is 14.3. The Morgan fingerprint density at radius 1 is 1.12 bits per heavy atom. The Hall–Kier alpha value is -2.59. The maximum absolute atomic E-state index is 11.9. The van der Waals surface area contributed by atoms with Gasteiger partial charge in [-0.2, -0.15) is 0 Å². The summed E-state index contributed by atoms with van der Waals surface area (Å²) in [6, 6.07) is 13.1. The van der Waals surface area contributed by atoms with E-state index in [1.807, 2.05) is 19.1 Å². The van der Waals surface area contributed by atoms with Gasteiger partial charge in [-0.25, -0.2) is 9.78 Å². The number of halogens is 1. The van der Waals surface area contributed by atoms with Crippen LogP contribution in [0.4, 0.5) is 0 Å². The van der Waals surface area contributed by atoms with Crippen molar-refractivity contribution in [1.82, 2.24) is 4.98 Å². The summed E-state index contributed by atoms with van der Waals surface area (Å²) in [6.45, 7) is 4.49. The number of fused-ring (bicyclic) bond motifs is 1. The van der Waals surface area contributed by atoms with Crippen LogP contribution >= 0.6 is 11.6 Å². The van der Waals surface area contributed by atoms with Gasteiger partial charge in [-0.1, -0.05) is 35.4 Å². The Balaban J connectivity index is 2.00. The molecule has 2 aromatic carbocycles. The highest BCUT2D eigenvalue weighted by Crippen LogP contribution is 2.29. The lowest BCUT2D eigenvalue weighted by molar-refractivity contribution is 0.0594. The second-order valence-electron chi connectivity index (χ2n) is 5.88. The maximum atomic E-state index is 11.9. The molecule has 4 nitrogen and oxygen atoms in total. The SMILES string of the molecule is COC(=O)c1cc(OCc2ccc(C)cc2C)c2cc(Cl)ccc2n1. The molecule has 1 heterocycles. The van der Waals surface area contributed by atoms with Crippen LogP contribution in [0.3, 0.4) is 0 Å². The number of pyridine rings is 1. The average Bonchev–Trinajstić information content (AvgIpc) is 2.60. The minimum atomic E-state index is -0.506. The van der Waals surface area contributed by atoms with Crippen LogP contribution < -0.4 is 4.74 Å². The van der Waals surface area contributed by atoms with Gasteiger partial charge in [0.05, 0.1) is 12.6 Å². The van der Waals surface area contributed by atoms with Crippen LogP contribution in [0.5, 0.6) is 5.75 Å². The van der Waals surface area contributed by atoms with E-state index in [-0.39, 0.29) is 5.69 Å². The van der Waals surface area contributed by atoms with E-state index in [2.05, 4.69) is 18.0 Å². The van der Waals surface area contributed by atoms with Crippen molar-refractivity contribution < 1.29 is 14.3 Å². The number of ether oxygens (including phenoxy) is 2. The third kappa shape index (κ3) is 3.74. The third-order valence-electron chi connectivity index (χ3n) is 4.01. The fraction of sp³-hybridized carbons (Fsp3) is 0.200. The first-order chi connectivity index (χ1) is 12.0. The standard InChI is InChI=1S/C20H18ClNO3/c1-12-4-5-14(13(2)8-12)11-25-19-10-18(20(23)24-3)22-17-7-6-15(21)9-16(17)19/h4-10H,11H2,1-3H3. The third-order valence-corrected chi connectivity index (χ3v) is 4.24. The number of aromatic nitrogens is 1. The normalized spacial score (nSPS) is 10.7. The zero-order valence-corrected chi connectivity index (χ0v) is 15.1. The minimum Gasteiger partial charge on any atom is -0.488 e. The minimum absolute atomic E-state index is 0.202. The fourth-order valence-corrected chi connectivity index (χ4v) is 2.83. The molecule has 0 unspecified atom stereocenters. The van der Waals surface area contributed by atoms with Gasteiger partial charge in [-0.05, 0) is 43.2 Å². The molecule has 3 aromatic rings. The van der Waals surface area contributed by atoms with E-state index in [1.165, 1.54) is 12.7 Å². The van der Waals surface area contributed by atoms with E-state index in [0.717, 1.165) is 16.5 Å². The number of benzene rings is 2. The maximum Gasteiger partial charge on any atom is 0.356 e. The number of aryl methyl sites for hydroxylation is 2. The molecule has 0 atom stereocenters. The van der Waals surface area contributed by atoms with E-state index < -0.39 is 5.97 Å². The molecule has 0 fully saturated rings. The number of hydrogen-bond donors (Lipinski definition) is 0. The van der Waals surface area contributed by atoms with Crippen LogP contribution in [-0.2, 0) is 11.3 Å². The molecule has 0 N–H and O–H groups in total. The molecule has 0 radical (unpaired) electrons. The summed E-state index contributed by atoms with van der Waals surface area (Å²) in [5.41, 5.74) is 4.27. The van der Waals surface area contributed by atoms with Gasteiger partial charge in [0.15, 0.2) is 5.69 Å². The first-order valence-electron chi connectivity index (χ1n) is 7.85. The van der Waals surface area contributed by atoms with Gasteiger partial charge in [-0.3, -0.25) is 0 Å². The van der Waals surface area contributed by atoms with Gasteiger partial charge in [-0.15, -0.1) is 0 Å². The average molecular weight is 356 g/mol. The van der Waals surface area contributed by atoms with Crippen LogP contribution in [0, 0.1) is 13.8 Å². The molecule has 25 heavy (non-hydrogen) atoms. The second-order valence-corrected chi connectivity index (χ2v) is 6.31. The van der Waals surface area contributed by atoms with Crippen molar-refractivity contribution in [3.63, 3.8) is 0 Å². The fourth-order valence-electron chi connectivity index (χ4n) is 2.66. The summed E-state index contributed by atoms with van der Waals surface area (Å²) in [7, 11) is 1.33. The number of esters is 1. The molecular formula is C20H18ClNO3. The van der Waals surface area contributed by atoms with E-state index in [0.29, 0.717) is 22.9 Å². The molecule has 1 aromatic heterocycles. The molecular weight excluding hydrogens is 338 g/mol.